The molecule has 1 N–H and O–H groups in total. The van der Waals surface area contributed by atoms with Gasteiger partial charge in [0.25, 0.3) is 0 Å². The van der Waals surface area contributed by atoms with Gasteiger partial charge in [-0.15, -0.1) is 0 Å². The molecule has 1 aromatic carbocycles. The van der Waals surface area contributed by atoms with Gasteiger partial charge in [-0.2, -0.15) is 15.0 Å². The molecule has 0 unspecified atom stereocenters. The van der Waals surface area contributed by atoms with Crippen LogP contribution in [0.25, 0.3) is 5.69 Å². The van der Waals surface area contributed by atoms with Crippen molar-refractivity contribution in [3.8, 4) is 5.69 Å². The normalized spacial score (nSPS) is 10.8. The van der Waals surface area contributed by atoms with Gasteiger partial charge in [0.1, 0.15) is 5.82 Å². The van der Waals surface area contributed by atoms with Gasteiger partial charge in [0.2, 0.25) is 0 Å². The molecular weight excluding hydrogens is 219 g/mol. The SMILES string of the molecule is CCNCc1cnn(-c2ccc(F)cc2C)n1. The van der Waals surface area contributed by atoms with E-state index in [4.69, 9.17) is 0 Å². The molecule has 4 nitrogen and oxygen atoms in total. The van der Waals surface area contributed by atoms with Crippen molar-refractivity contribution < 1.29 is 4.39 Å². The van der Waals surface area contributed by atoms with Crippen molar-refractivity contribution in [2.75, 3.05) is 6.54 Å². The van der Waals surface area contributed by atoms with Crippen LogP contribution in [0.5, 0.6) is 0 Å². The molecule has 90 valence electrons. The fraction of sp³-hybridized carbons (Fsp3) is 0.333. The van der Waals surface area contributed by atoms with Gasteiger partial charge in [-0.05, 0) is 37.2 Å². The molecule has 0 aliphatic rings. The van der Waals surface area contributed by atoms with E-state index in [1.165, 1.54) is 16.9 Å². The van der Waals surface area contributed by atoms with Crippen molar-refractivity contribution in [3.05, 3.63) is 41.5 Å². The Morgan fingerprint density at radius 1 is 1.41 bits per heavy atom. The van der Waals surface area contributed by atoms with E-state index in [1.807, 2.05) is 13.8 Å². The minimum atomic E-state index is -0.244. The van der Waals surface area contributed by atoms with Gasteiger partial charge in [0.15, 0.2) is 0 Å². The lowest BCUT2D eigenvalue weighted by Crippen LogP contribution is -2.12. The molecular formula is C12H15FN4. The second-order valence-corrected chi connectivity index (χ2v) is 3.84. The van der Waals surface area contributed by atoms with E-state index < -0.39 is 0 Å². The van der Waals surface area contributed by atoms with Crippen LogP contribution < -0.4 is 5.32 Å². The number of halogens is 1. The van der Waals surface area contributed by atoms with Crippen LogP contribution in [0, 0.1) is 12.7 Å². The summed E-state index contributed by atoms with van der Waals surface area (Å²) < 4.78 is 13.0. The summed E-state index contributed by atoms with van der Waals surface area (Å²) in [6, 6.07) is 4.57. The largest absolute Gasteiger partial charge is 0.311 e. The van der Waals surface area contributed by atoms with Gasteiger partial charge in [-0.25, -0.2) is 4.39 Å². The molecule has 0 aliphatic carbocycles. The molecule has 5 heteroatoms. The fourth-order valence-corrected chi connectivity index (χ4v) is 1.59. The molecule has 0 saturated carbocycles. The van der Waals surface area contributed by atoms with Gasteiger partial charge < -0.3 is 5.32 Å². The van der Waals surface area contributed by atoms with E-state index in [9.17, 15) is 4.39 Å². The number of aryl methyl sites for hydroxylation is 1. The third-order valence-corrected chi connectivity index (χ3v) is 2.47. The Kier molecular flexibility index (Phi) is 3.49. The van der Waals surface area contributed by atoms with Crippen molar-refractivity contribution in [1.29, 1.82) is 0 Å². The fourth-order valence-electron chi connectivity index (χ4n) is 1.59. The zero-order valence-corrected chi connectivity index (χ0v) is 9.94. The summed E-state index contributed by atoms with van der Waals surface area (Å²) in [5, 5.41) is 11.7. The highest BCUT2D eigenvalue weighted by Crippen LogP contribution is 2.13. The van der Waals surface area contributed by atoms with Crippen LogP contribution in [0.1, 0.15) is 18.2 Å². The van der Waals surface area contributed by atoms with Crippen LogP contribution in [0.2, 0.25) is 0 Å². The molecule has 1 aromatic heterocycles. The highest BCUT2D eigenvalue weighted by atomic mass is 19.1. The predicted octanol–water partition coefficient (Wildman–Crippen LogP) is 1.82. The van der Waals surface area contributed by atoms with Gasteiger partial charge >= 0.3 is 0 Å². The summed E-state index contributed by atoms with van der Waals surface area (Å²) >= 11 is 0. The van der Waals surface area contributed by atoms with E-state index >= 15 is 0 Å². The predicted molar refractivity (Wildman–Crippen MR) is 63.4 cm³/mol. The smallest absolute Gasteiger partial charge is 0.123 e. The van der Waals surface area contributed by atoms with E-state index in [0.717, 1.165) is 23.5 Å². The molecule has 0 radical (unpaired) electrons. The molecule has 17 heavy (non-hydrogen) atoms. The van der Waals surface area contributed by atoms with E-state index in [0.29, 0.717) is 6.54 Å². The summed E-state index contributed by atoms with van der Waals surface area (Å²) in [7, 11) is 0. The lowest BCUT2D eigenvalue weighted by Gasteiger charge is -2.03. The number of benzene rings is 1. The lowest BCUT2D eigenvalue weighted by molar-refractivity contribution is 0.623. The molecule has 0 bridgehead atoms. The average Bonchev–Trinajstić information content (AvgIpc) is 2.75. The molecule has 0 amide bonds. The van der Waals surface area contributed by atoms with Gasteiger partial charge in [-0.3, -0.25) is 0 Å². The van der Waals surface area contributed by atoms with Crippen LogP contribution >= 0.6 is 0 Å². The maximum atomic E-state index is 13.0. The average molecular weight is 234 g/mol. The van der Waals surface area contributed by atoms with Crippen LogP contribution in [0.3, 0.4) is 0 Å². The summed E-state index contributed by atoms with van der Waals surface area (Å²) in [4.78, 5) is 1.53. The van der Waals surface area contributed by atoms with Crippen LogP contribution in [0.15, 0.2) is 24.4 Å². The zero-order valence-electron chi connectivity index (χ0n) is 9.94. The first-order chi connectivity index (χ1) is 8.20. The molecule has 0 aliphatic heterocycles. The number of hydrogen-bond acceptors (Lipinski definition) is 3. The second kappa shape index (κ2) is 5.05. The van der Waals surface area contributed by atoms with E-state index in [2.05, 4.69) is 15.5 Å². The maximum absolute atomic E-state index is 13.0. The zero-order chi connectivity index (χ0) is 12.3. The quantitative estimate of drug-likeness (QED) is 0.877. The lowest BCUT2D eigenvalue weighted by atomic mass is 10.2. The molecule has 0 atom stereocenters. The minimum Gasteiger partial charge on any atom is -0.311 e. The number of nitrogens with zero attached hydrogens (tertiary/aromatic N) is 3. The monoisotopic (exact) mass is 234 g/mol. The Morgan fingerprint density at radius 3 is 2.94 bits per heavy atom. The molecule has 2 rings (SSSR count). The Balaban J connectivity index is 2.24. The number of hydrogen-bond donors (Lipinski definition) is 1. The first-order valence-corrected chi connectivity index (χ1v) is 5.59. The highest BCUT2D eigenvalue weighted by Gasteiger charge is 2.06. The van der Waals surface area contributed by atoms with Crippen molar-refractivity contribution in [2.45, 2.75) is 20.4 Å². The van der Waals surface area contributed by atoms with Crippen molar-refractivity contribution in [2.24, 2.45) is 0 Å². The van der Waals surface area contributed by atoms with E-state index in [1.54, 1.807) is 12.3 Å². The number of rotatable bonds is 4. The summed E-state index contributed by atoms with van der Waals surface area (Å²) in [6.45, 7) is 5.46. The third kappa shape index (κ3) is 2.68. The number of nitrogens with one attached hydrogen (secondary N) is 1. The second-order valence-electron chi connectivity index (χ2n) is 3.84. The summed E-state index contributed by atoms with van der Waals surface area (Å²) in [6.07, 6.45) is 1.71. The standard InChI is InChI=1S/C12H15FN4/c1-3-14-7-11-8-15-17(16-11)12-5-4-10(13)6-9(12)2/h4-6,8,14H,3,7H2,1-2H3. The summed E-state index contributed by atoms with van der Waals surface area (Å²) in [5.74, 6) is -0.244. The van der Waals surface area contributed by atoms with Gasteiger partial charge in [0, 0.05) is 6.54 Å². The molecule has 1 heterocycles. The van der Waals surface area contributed by atoms with Crippen LogP contribution in [0.4, 0.5) is 4.39 Å². The highest BCUT2D eigenvalue weighted by molar-refractivity contribution is 5.38. The summed E-state index contributed by atoms with van der Waals surface area (Å²) in [5.41, 5.74) is 2.49. The Hall–Kier alpha value is -1.75. The van der Waals surface area contributed by atoms with Gasteiger partial charge in [0.05, 0.1) is 17.6 Å². The Morgan fingerprint density at radius 2 is 2.24 bits per heavy atom. The molecule has 0 spiro atoms. The van der Waals surface area contributed by atoms with Crippen molar-refractivity contribution >= 4 is 0 Å². The number of aromatic nitrogens is 3. The third-order valence-electron chi connectivity index (χ3n) is 2.47. The van der Waals surface area contributed by atoms with E-state index in [-0.39, 0.29) is 5.82 Å². The molecule has 0 saturated heterocycles. The van der Waals surface area contributed by atoms with Gasteiger partial charge in [-0.1, -0.05) is 6.92 Å². The van der Waals surface area contributed by atoms with Crippen molar-refractivity contribution in [3.63, 3.8) is 0 Å². The first kappa shape index (κ1) is 11.7. The molecule has 2 aromatic rings. The van der Waals surface area contributed by atoms with Crippen LogP contribution in [-0.4, -0.2) is 21.5 Å². The maximum Gasteiger partial charge on any atom is 0.123 e. The van der Waals surface area contributed by atoms with Crippen LogP contribution in [-0.2, 0) is 6.54 Å². The Labute approximate surface area is 99.5 Å². The Bertz CT molecular complexity index is 507. The topological polar surface area (TPSA) is 42.7 Å². The van der Waals surface area contributed by atoms with Crippen molar-refractivity contribution in [1.82, 2.24) is 20.3 Å². The first-order valence-electron chi connectivity index (χ1n) is 5.59. The molecule has 0 fully saturated rings. The minimum absolute atomic E-state index is 0.244.